The first kappa shape index (κ1) is 13.4. The lowest BCUT2D eigenvalue weighted by Crippen LogP contribution is -2.41. The lowest BCUT2D eigenvalue weighted by atomic mass is 10.3. The zero-order chi connectivity index (χ0) is 12.8. The molecule has 0 spiro atoms. The van der Waals surface area contributed by atoms with Crippen molar-refractivity contribution in [3.8, 4) is 0 Å². The van der Waals surface area contributed by atoms with Crippen LogP contribution in [0.5, 0.6) is 0 Å². The Morgan fingerprint density at radius 2 is 1.94 bits per heavy atom. The molecule has 98 valence electrons. The van der Waals surface area contributed by atoms with E-state index in [0.29, 0.717) is 26.2 Å². The minimum Gasteiger partial charge on any atom is -0.385 e. The fourth-order valence-electron chi connectivity index (χ4n) is 1.85. The maximum absolute atomic E-state index is 11.9. The fourth-order valence-corrected chi connectivity index (χ4v) is 2.12. The van der Waals surface area contributed by atoms with Crippen LogP contribution in [0.2, 0.25) is 0 Å². The Balaban J connectivity index is 1.71. The number of anilines is 1. The molecule has 1 aliphatic heterocycles. The van der Waals surface area contributed by atoms with Gasteiger partial charge in [0.2, 0.25) is 5.91 Å². The topological polar surface area (TPSA) is 41.6 Å². The van der Waals surface area contributed by atoms with E-state index in [1.807, 2.05) is 29.2 Å². The van der Waals surface area contributed by atoms with E-state index < -0.39 is 0 Å². The van der Waals surface area contributed by atoms with E-state index >= 15 is 0 Å². The highest BCUT2D eigenvalue weighted by atomic mass is 79.9. The second kappa shape index (κ2) is 6.75. The smallest absolute Gasteiger partial charge is 0.224 e. The molecule has 1 heterocycles. The zero-order valence-electron chi connectivity index (χ0n) is 10.2. The van der Waals surface area contributed by atoms with Gasteiger partial charge in [-0.15, -0.1) is 0 Å². The van der Waals surface area contributed by atoms with Crippen molar-refractivity contribution in [3.63, 3.8) is 0 Å². The molecule has 2 rings (SSSR count). The lowest BCUT2D eigenvalue weighted by Gasteiger charge is -2.26. The van der Waals surface area contributed by atoms with Gasteiger partial charge in [-0.1, -0.05) is 15.9 Å². The van der Waals surface area contributed by atoms with E-state index in [9.17, 15) is 4.79 Å². The standard InChI is InChI=1S/C13H17BrN2O2/c14-11-1-3-12(4-2-11)15-6-5-13(17)16-7-9-18-10-8-16/h1-4,15H,5-10H2. The van der Waals surface area contributed by atoms with Crippen LogP contribution < -0.4 is 5.32 Å². The van der Waals surface area contributed by atoms with Crippen LogP contribution in [0.4, 0.5) is 5.69 Å². The molecule has 0 saturated carbocycles. The van der Waals surface area contributed by atoms with Crippen molar-refractivity contribution in [1.29, 1.82) is 0 Å². The van der Waals surface area contributed by atoms with Gasteiger partial charge in [-0.05, 0) is 24.3 Å². The quantitative estimate of drug-likeness (QED) is 0.926. The fraction of sp³-hybridized carbons (Fsp3) is 0.462. The molecule has 1 N–H and O–H groups in total. The summed E-state index contributed by atoms with van der Waals surface area (Å²) in [5.74, 6) is 0.197. The van der Waals surface area contributed by atoms with Gasteiger partial charge in [-0.25, -0.2) is 0 Å². The van der Waals surface area contributed by atoms with Crippen molar-refractivity contribution in [2.75, 3.05) is 38.2 Å². The third-order valence-electron chi connectivity index (χ3n) is 2.88. The molecule has 1 aliphatic rings. The Labute approximate surface area is 115 Å². The number of carbonyl (C=O) groups excluding carboxylic acids is 1. The van der Waals surface area contributed by atoms with Crippen LogP contribution >= 0.6 is 15.9 Å². The summed E-state index contributed by atoms with van der Waals surface area (Å²) in [5, 5.41) is 3.24. The molecule has 0 radical (unpaired) electrons. The molecule has 1 fully saturated rings. The second-order valence-corrected chi connectivity index (χ2v) is 5.09. The van der Waals surface area contributed by atoms with Gasteiger partial charge in [0.25, 0.3) is 0 Å². The lowest BCUT2D eigenvalue weighted by molar-refractivity contribution is -0.134. The van der Waals surface area contributed by atoms with E-state index in [0.717, 1.165) is 23.2 Å². The molecule has 0 unspecified atom stereocenters. The molecule has 0 bridgehead atoms. The Hall–Kier alpha value is -1.07. The average Bonchev–Trinajstić information content (AvgIpc) is 2.42. The number of hydrogen-bond acceptors (Lipinski definition) is 3. The molecular weight excluding hydrogens is 296 g/mol. The van der Waals surface area contributed by atoms with Crippen LogP contribution in [-0.4, -0.2) is 43.7 Å². The minimum absolute atomic E-state index is 0.197. The molecule has 1 aromatic rings. The number of amides is 1. The van der Waals surface area contributed by atoms with Gasteiger partial charge < -0.3 is 15.0 Å². The van der Waals surface area contributed by atoms with Crippen LogP contribution in [0.3, 0.4) is 0 Å². The Morgan fingerprint density at radius 3 is 2.61 bits per heavy atom. The molecule has 1 saturated heterocycles. The van der Waals surface area contributed by atoms with Crippen molar-refractivity contribution in [2.24, 2.45) is 0 Å². The third kappa shape index (κ3) is 3.99. The summed E-state index contributed by atoms with van der Waals surface area (Å²) in [6.07, 6.45) is 0.524. The number of halogens is 1. The van der Waals surface area contributed by atoms with Gasteiger partial charge in [-0.3, -0.25) is 4.79 Å². The van der Waals surface area contributed by atoms with E-state index in [1.54, 1.807) is 0 Å². The summed E-state index contributed by atoms with van der Waals surface area (Å²) in [4.78, 5) is 13.7. The first-order valence-electron chi connectivity index (χ1n) is 6.10. The minimum atomic E-state index is 0.197. The Morgan fingerprint density at radius 1 is 1.28 bits per heavy atom. The van der Waals surface area contributed by atoms with Crippen molar-refractivity contribution in [2.45, 2.75) is 6.42 Å². The molecular formula is C13H17BrN2O2. The van der Waals surface area contributed by atoms with Crippen molar-refractivity contribution < 1.29 is 9.53 Å². The number of nitrogens with one attached hydrogen (secondary N) is 1. The van der Waals surface area contributed by atoms with Crippen LogP contribution in [0.25, 0.3) is 0 Å². The summed E-state index contributed by atoms with van der Waals surface area (Å²) in [5.41, 5.74) is 1.04. The van der Waals surface area contributed by atoms with E-state index in [1.165, 1.54) is 0 Å². The number of nitrogens with zero attached hydrogens (tertiary/aromatic N) is 1. The monoisotopic (exact) mass is 312 g/mol. The van der Waals surface area contributed by atoms with Crippen molar-refractivity contribution in [1.82, 2.24) is 4.90 Å². The summed E-state index contributed by atoms with van der Waals surface area (Å²) in [7, 11) is 0. The van der Waals surface area contributed by atoms with Gasteiger partial charge >= 0.3 is 0 Å². The first-order valence-corrected chi connectivity index (χ1v) is 6.90. The van der Waals surface area contributed by atoms with E-state index in [4.69, 9.17) is 4.74 Å². The molecule has 1 aromatic carbocycles. The molecule has 0 atom stereocenters. The summed E-state index contributed by atoms with van der Waals surface area (Å²) in [6, 6.07) is 7.94. The Kier molecular flexibility index (Phi) is 5.01. The molecule has 0 aliphatic carbocycles. The number of benzene rings is 1. The summed E-state index contributed by atoms with van der Waals surface area (Å²) >= 11 is 3.39. The van der Waals surface area contributed by atoms with Gasteiger partial charge in [0.05, 0.1) is 13.2 Å². The van der Waals surface area contributed by atoms with E-state index in [-0.39, 0.29) is 5.91 Å². The summed E-state index contributed by atoms with van der Waals surface area (Å²) < 4.78 is 6.27. The Bertz CT molecular complexity index is 388. The highest BCUT2D eigenvalue weighted by Crippen LogP contribution is 2.14. The SMILES string of the molecule is O=C(CCNc1ccc(Br)cc1)N1CCOCC1. The molecule has 0 aromatic heterocycles. The largest absolute Gasteiger partial charge is 0.385 e. The molecule has 4 nitrogen and oxygen atoms in total. The maximum Gasteiger partial charge on any atom is 0.224 e. The number of carbonyl (C=O) groups is 1. The predicted octanol–water partition coefficient (Wildman–Crippen LogP) is 2.11. The van der Waals surface area contributed by atoms with Crippen LogP contribution in [0.15, 0.2) is 28.7 Å². The third-order valence-corrected chi connectivity index (χ3v) is 3.40. The maximum atomic E-state index is 11.9. The van der Waals surface area contributed by atoms with Crippen LogP contribution in [0, 0.1) is 0 Å². The predicted molar refractivity (Wildman–Crippen MR) is 74.6 cm³/mol. The number of rotatable bonds is 4. The van der Waals surface area contributed by atoms with E-state index in [2.05, 4.69) is 21.2 Å². The summed E-state index contributed by atoms with van der Waals surface area (Å²) in [6.45, 7) is 3.42. The van der Waals surface area contributed by atoms with Crippen LogP contribution in [0.1, 0.15) is 6.42 Å². The first-order chi connectivity index (χ1) is 8.75. The highest BCUT2D eigenvalue weighted by molar-refractivity contribution is 9.10. The van der Waals surface area contributed by atoms with Crippen molar-refractivity contribution in [3.05, 3.63) is 28.7 Å². The average molecular weight is 313 g/mol. The van der Waals surface area contributed by atoms with Gasteiger partial charge in [0.15, 0.2) is 0 Å². The zero-order valence-corrected chi connectivity index (χ0v) is 11.8. The second-order valence-electron chi connectivity index (χ2n) is 4.18. The molecule has 18 heavy (non-hydrogen) atoms. The van der Waals surface area contributed by atoms with Gasteiger partial charge in [-0.2, -0.15) is 0 Å². The number of morpholine rings is 1. The van der Waals surface area contributed by atoms with Gasteiger partial charge in [0.1, 0.15) is 0 Å². The number of ether oxygens (including phenoxy) is 1. The molecule has 1 amide bonds. The number of hydrogen-bond donors (Lipinski definition) is 1. The molecule has 5 heteroatoms. The highest BCUT2D eigenvalue weighted by Gasteiger charge is 2.15. The normalized spacial score (nSPS) is 15.5. The van der Waals surface area contributed by atoms with Gasteiger partial charge in [0, 0.05) is 36.2 Å². The van der Waals surface area contributed by atoms with Crippen molar-refractivity contribution >= 4 is 27.5 Å². The van der Waals surface area contributed by atoms with Crippen LogP contribution in [-0.2, 0) is 9.53 Å².